The Morgan fingerprint density at radius 1 is 1.36 bits per heavy atom. The molecule has 0 aliphatic carbocycles. The fourth-order valence-corrected chi connectivity index (χ4v) is 3.38. The van der Waals surface area contributed by atoms with Crippen LogP contribution < -0.4 is 16.1 Å². The quantitative estimate of drug-likeness (QED) is 0.615. The minimum absolute atomic E-state index is 0.348. The van der Waals surface area contributed by atoms with E-state index in [0.717, 1.165) is 35.7 Å². The minimum atomic E-state index is -0.369. The number of hydrazone groups is 1. The van der Waals surface area contributed by atoms with Crippen LogP contribution in [0.4, 0.5) is 10.7 Å². The molecule has 0 radical (unpaired) electrons. The van der Waals surface area contributed by atoms with Gasteiger partial charge in [-0.3, -0.25) is 4.79 Å². The fraction of sp³-hybridized carbons (Fsp3) is 0.278. The second kappa shape index (κ2) is 8.31. The van der Waals surface area contributed by atoms with E-state index in [-0.39, 0.29) is 5.91 Å². The Labute approximate surface area is 151 Å². The van der Waals surface area contributed by atoms with Crippen LogP contribution in [-0.4, -0.2) is 25.2 Å². The van der Waals surface area contributed by atoms with E-state index in [1.165, 1.54) is 0 Å². The smallest absolute Gasteiger partial charge is 0.281 e. The Kier molecular flexibility index (Phi) is 6.14. The molecule has 1 heterocycles. The van der Waals surface area contributed by atoms with Crippen molar-refractivity contribution < 1.29 is 4.79 Å². The molecule has 0 aliphatic heterocycles. The van der Waals surface area contributed by atoms with Crippen LogP contribution in [0.2, 0.25) is 0 Å². The maximum atomic E-state index is 12.2. The molecule has 7 heteroatoms. The lowest BCUT2D eigenvalue weighted by molar-refractivity contribution is 0.0958. The van der Waals surface area contributed by atoms with Gasteiger partial charge in [-0.1, -0.05) is 12.1 Å². The summed E-state index contributed by atoms with van der Waals surface area (Å²) in [5, 5.41) is 13.4. The highest BCUT2D eigenvalue weighted by molar-refractivity contribution is 7.18. The van der Waals surface area contributed by atoms with E-state index in [0.29, 0.717) is 21.0 Å². The van der Waals surface area contributed by atoms with Crippen LogP contribution in [0.5, 0.6) is 0 Å². The summed E-state index contributed by atoms with van der Waals surface area (Å²) in [6.07, 6.45) is 1.58. The van der Waals surface area contributed by atoms with Gasteiger partial charge in [-0.2, -0.15) is 10.4 Å². The zero-order chi connectivity index (χ0) is 18.4. The van der Waals surface area contributed by atoms with Crippen molar-refractivity contribution in [2.45, 2.75) is 20.8 Å². The van der Waals surface area contributed by atoms with Gasteiger partial charge >= 0.3 is 0 Å². The normalized spacial score (nSPS) is 10.6. The molecule has 0 atom stereocenters. The van der Waals surface area contributed by atoms with Crippen molar-refractivity contribution in [1.29, 1.82) is 5.26 Å². The van der Waals surface area contributed by atoms with Crippen molar-refractivity contribution in [1.82, 2.24) is 5.43 Å². The molecule has 0 saturated heterocycles. The summed E-state index contributed by atoms with van der Waals surface area (Å²) < 4.78 is 0. The average molecular weight is 355 g/mol. The number of carbonyl (C=O) groups is 1. The van der Waals surface area contributed by atoms with Gasteiger partial charge in [0, 0.05) is 18.8 Å². The van der Waals surface area contributed by atoms with Gasteiger partial charge in [0.2, 0.25) is 0 Å². The third kappa shape index (κ3) is 4.17. The van der Waals surface area contributed by atoms with Crippen LogP contribution in [-0.2, 0) is 0 Å². The second-order valence-corrected chi connectivity index (χ2v) is 6.42. The summed E-state index contributed by atoms with van der Waals surface area (Å²) in [4.78, 5) is 14.8. The zero-order valence-corrected chi connectivity index (χ0v) is 15.4. The van der Waals surface area contributed by atoms with Gasteiger partial charge in [0.05, 0.1) is 11.8 Å². The Morgan fingerprint density at radius 2 is 2.00 bits per heavy atom. The van der Waals surface area contributed by atoms with Crippen LogP contribution in [0.15, 0.2) is 29.4 Å². The van der Waals surface area contributed by atoms with Crippen LogP contribution >= 0.6 is 11.3 Å². The van der Waals surface area contributed by atoms with Gasteiger partial charge in [0.1, 0.15) is 15.9 Å². The summed E-state index contributed by atoms with van der Waals surface area (Å²) in [7, 11) is 0. The lowest BCUT2D eigenvalue weighted by Crippen LogP contribution is -2.21. The first-order chi connectivity index (χ1) is 12.0. The van der Waals surface area contributed by atoms with Crippen molar-refractivity contribution in [2.75, 3.05) is 23.7 Å². The van der Waals surface area contributed by atoms with Crippen molar-refractivity contribution in [2.24, 2.45) is 5.10 Å². The summed E-state index contributed by atoms with van der Waals surface area (Å²) in [5.74, 6) is -0.369. The lowest BCUT2D eigenvalue weighted by atomic mass is 10.2. The molecular weight excluding hydrogens is 334 g/mol. The van der Waals surface area contributed by atoms with Crippen molar-refractivity contribution in [3.8, 4) is 6.07 Å². The molecule has 1 amide bonds. The predicted octanol–water partition coefficient (Wildman–Crippen LogP) is 3.12. The zero-order valence-electron chi connectivity index (χ0n) is 14.5. The molecule has 0 aliphatic rings. The Balaban J connectivity index is 2.04. The molecule has 1 aromatic heterocycles. The van der Waals surface area contributed by atoms with E-state index >= 15 is 0 Å². The maximum absolute atomic E-state index is 12.2. The van der Waals surface area contributed by atoms with Gasteiger partial charge in [0.15, 0.2) is 0 Å². The number of nitrogens with two attached hydrogens (primary N) is 1. The van der Waals surface area contributed by atoms with E-state index < -0.39 is 0 Å². The Morgan fingerprint density at radius 3 is 2.52 bits per heavy atom. The summed E-state index contributed by atoms with van der Waals surface area (Å²) in [6, 6.07) is 9.96. The van der Waals surface area contributed by atoms with E-state index in [2.05, 4.69) is 29.3 Å². The van der Waals surface area contributed by atoms with E-state index in [9.17, 15) is 4.79 Å². The van der Waals surface area contributed by atoms with E-state index in [1.807, 2.05) is 30.3 Å². The number of benzene rings is 1. The highest BCUT2D eigenvalue weighted by Crippen LogP contribution is 2.29. The molecule has 0 fully saturated rings. The number of nitrogen functional groups attached to an aromatic ring is 1. The Hall–Kier alpha value is -2.85. The molecule has 1 aromatic carbocycles. The topological polar surface area (TPSA) is 94.5 Å². The molecule has 6 nitrogen and oxygen atoms in total. The molecule has 0 unspecified atom stereocenters. The first-order valence-electron chi connectivity index (χ1n) is 7.99. The predicted molar refractivity (Wildman–Crippen MR) is 103 cm³/mol. The molecule has 2 rings (SSSR count). The number of anilines is 2. The van der Waals surface area contributed by atoms with Crippen molar-refractivity contribution in [3.05, 3.63) is 45.8 Å². The number of rotatable bonds is 6. The summed E-state index contributed by atoms with van der Waals surface area (Å²) >= 11 is 1.09. The number of nitrogens with one attached hydrogen (secondary N) is 1. The Bertz CT molecular complexity index is 813. The monoisotopic (exact) mass is 355 g/mol. The van der Waals surface area contributed by atoms with Gasteiger partial charge in [-0.25, -0.2) is 5.43 Å². The van der Waals surface area contributed by atoms with Crippen molar-refractivity contribution in [3.63, 3.8) is 0 Å². The number of hydrogen-bond acceptors (Lipinski definition) is 6. The minimum Gasteiger partial charge on any atom is -0.389 e. The van der Waals surface area contributed by atoms with Crippen LogP contribution in [0.1, 0.15) is 40.2 Å². The fourth-order valence-electron chi connectivity index (χ4n) is 2.47. The molecule has 2 aromatic rings. The van der Waals surface area contributed by atoms with Crippen molar-refractivity contribution >= 4 is 34.1 Å². The molecule has 0 bridgehead atoms. The first kappa shape index (κ1) is 18.5. The highest BCUT2D eigenvalue weighted by Gasteiger charge is 2.18. The van der Waals surface area contributed by atoms with Gasteiger partial charge in [-0.15, -0.1) is 11.3 Å². The SMILES string of the molecule is CCN(CC)c1ccc(C=NNC(=O)c2sc(N)c(C#N)c2C)cc1. The average Bonchev–Trinajstić information content (AvgIpc) is 2.91. The number of nitriles is 1. The molecular formula is C18H21N5OS. The third-order valence-electron chi connectivity index (χ3n) is 3.89. The van der Waals surface area contributed by atoms with Gasteiger partial charge < -0.3 is 10.6 Å². The molecule has 25 heavy (non-hydrogen) atoms. The van der Waals surface area contributed by atoms with E-state index in [4.69, 9.17) is 11.0 Å². The molecule has 0 saturated carbocycles. The van der Waals surface area contributed by atoms with Crippen LogP contribution in [0.3, 0.4) is 0 Å². The summed E-state index contributed by atoms with van der Waals surface area (Å²) in [6.45, 7) is 7.84. The third-order valence-corrected chi connectivity index (χ3v) is 5.01. The highest BCUT2D eigenvalue weighted by atomic mass is 32.1. The maximum Gasteiger partial charge on any atom is 0.281 e. The second-order valence-electron chi connectivity index (χ2n) is 5.37. The largest absolute Gasteiger partial charge is 0.389 e. The number of thiophene rings is 1. The van der Waals surface area contributed by atoms with Crippen LogP contribution in [0, 0.1) is 18.3 Å². The first-order valence-corrected chi connectivity index (χ1v) is 8.80. The number of hydrogen-bond donors (Lipinski definition) is 2. The molecule has 0 spiro atoms. The van der Waals surface area contributed by atoms with E-state index in [1.54, 1.807) is 13.1 Å². The summed E-state index contributed by atoms with van der Waals surface area (Å²) in [5.41, 5.74) is 11.2. The number of nitrogens with zero attached hydrogens (tertiary/aromatic N) is 3. The standard InChI is InChI=1S/C18H21N5OS/c1-4-23(5-2)14-8-6-13(7-9-14)11-21-22-18(24)16-12(3)15(10-19)17(20)25-16/h6-9,11H,4-5,20H2,1-3H3,(H,22,24). The van der Waals surface area contributed by atoms with Crippen LogP contribution in [0.25, 0.3) is 0 Å². The lowest BCUT2D eigenvalue weighted by Gasteiger charge is -2.20. The number of amides is 1. The molecule has 3 N–H and O–H groups in total. The molecule has 130 valence electrons. The van der Waals surface area contributed by atoms with Gasteiger partial charge in [0.25, 0.3) is 5.91 Å². The number of carbonyl (C=O) groups excluding carboxylic acids is 1. The van der Waals surface area contributed by atoms with Gasteiger partial charge in [-0.05, 0) is 44.0 Å².